The highest BCUT2D eigenvalue weighted by Gasteiger charge is 2.31. The Morgan fingerprint density at radius 2 is 1.60 bits per heavy atom. The molecular weight excluding hydrogens is 332 g/mol. The number of carbonyl (C=O) groups excluding carboxylic acids is 2. The van der Waals surface area contributed by atoms with Crippen LogP contribution in [-0.4, -0.2) is 21.4 Å². The summed E-state index contributed by atoms with van der Waals surface area (Å²) in [5.74, 6) is -2.03. The molecule has 25 heavy (non-hydrogen) atoms. The first kappa shape index (κ1) is 18.0. The highest BCUT2D eigenvalue weighted by atomic mass is 16.6. The molecule has 9 nitrogen and oxygen atoms in total. The number of rotatable bonds is 4. The van der Waals surface area contributed by atoms with E-state index in [1.54, 1.807) is 20.8 Å². The van der Waals surface area contributed by atoms with Gasteiger partial charge in [0.25, 0.3) is 5.69 Å². The second-order valence-corrected chi connectivity index (χ2v) is 6.31. The molecule has 9 heteroatoms. The molecule has 130 valence electrons. The molecule has 1 aliphatic carbocycles. The molecule has 0 heterocycles. The molecule has 1 aromatic rings. The molecule has 1 aromatic carbocycles. The van der Waals surface area contributed by atoms with E-state index in [0.29, 0.717) is 0 Å². The van der Waals surface area contributed by atoms with Gasteiger partial charge in [-0.25, -0.2) is 0 Å². The zero-order valence-electron chi connectivity index (χ0n) is 13.6. The molecular formula is C16H14N2O7. The maximum Gasteiger partial charge on any atom is 0.312 e. The van der Waals surface area contributed by atoms with Crippen LogP contribution in [0.1, 0.15) is 20.8 Å². The van der Waals surface area contributed by atoms with E-state index in [0.717, 1.165) is 30.4 Å². The monoisotopic (exact) mass is 346 g/mol. The first-order valence-electron chi connectivity index (χ1n) is 7.14. The minimum atomic E-state index is -0.800. The zero-order valence-corrected chi connectivity index (χ0v) is 13.6. The minimum Gasteiger partial charge on any atom is -0.446 e. The van der Waals surface area contributed by atoms with Crippen LogP contribution >= 0.6 is 0 Å². The van der Waals surface area contributed by atoms with E-state index in [1.807, 2.05) is 0 Å². The summed E-state index contributed by atoms with van der Waals surface area (Å²) in [4.78, 5) is 44.7. The maximum absolute atomic E-state index is 12.2. The number of carbonyl (C=O) groups is 2. The van der Waals surface area contributed by atoms with Crippen LogP contribution in [-0.2, 0) is 9.59 Å². The number of hydrogen-bond acceptors (Lipinski definition) is 7. The Morgan fingerprint density at radius 1 is 0.960 bits per heavy atom. The summed E-state index contributed by atoms with van der Waals surface area (Å²) < 4.78 is 5.18. The molecule has 0 saturated heterocycles. The second kappa shape index (κ2) is 6.27. The summed E-state index contributed by atoms with van der Waals surface area (Å²) >= 11 is 0. The third kappa shape index (κ3) is 3.77. The number of allylic oxidation sites excluding steroid dienone is 3. The Balaban J connectivity index is 2.42. The van der Waals surface area contributed by atoms with Crippen molar-refractivity contribution in [3.05, 3.63) is 61.9 Å². The number of ketones is 2. The topological polar surface area (TPSA) is 130 Å². The van der Waals surface area contributed by atoms with Crippen molar-refractivity contribution >= 4 is 22.9 Å². The van der Waals surface area contributed by atoms with Crippen molar-refractivity contribution in [2.75, 3.05) is 0 Å². The summed E-state index contributed by atoms with van der Waals surface area (Å²) in [7, 11) is 0. The van der Waals surface area contributed by atoms with Crippen molar-refractivity contribution in [1.29, 1.82) is 0 Å². The lowest BCUT2D eigenvalue weighted by Crippen LogP contribution is -2.24. The lowest BCUT2D eigenvalue weighted by atomic mass is 9.81. The Labute approximate surface area is 141 Å². The van der Waals surface area contributed by atoms with E-state index in [4.69, 9.17) is 4.74 Å². The molecule has 1 aliphatic rings. The van der Waals surface area contributed by atoms with Gasteiger partial charge in [0.1, 0.15) is 0 Å². The lowest BCUT2D eigenvalue weighted by Gasteiger charge is -2.23. The van der Waals surface area contributed by atoms with Crippen LogP contribution in [0, 0.1) is 25.6 Å². The fourth-order valence-corrected chi connectivity index (χ4v) is 2.17. The van der Waals surface area contributed by atoms with Crippen LogP contribution in [0.25, 0.3) is 0 Å². The van der Waals surface area contributed by atoms with Gasteiger partial charge < -0.3 is 4.74 Å². The predicted molar refractivity (Wildman–Crippen MR) is 86.0 cm³/mol. The average molecular weight is 346 g/mol. The second-order valence-electron chi connectivity index (χ2n) is 6.31. The van der Waals surface area contributed by atoms with Gasteiger partial charge in [0, 0.05) is 23.8 Å². The number of nitro groups is 2. The van der Waals surface area contributed by atoms with Gasteiger partial charge in [-0.2, -0.15) is 0 Å². The standard InChI is InChI=1S/C16H14N2O7/c1-16(2,3)10-7-13(20)15(8-12(10)19)25-14-6-9(17(21)22)4-5-11(14)18(23)24/h4-8H,1-3H3. The molecule has 0 radical (unpaired) electrons. The van der Waals surface area contributed by atoms with Gasteiger partial charge in [-0.3, -0.25) is 29.8 Å². The molecule has 0 aromatic heterocycles. The van der Waals surface area contributed by atoms with E-state index in [1.165, 1.54) is 0 Å². The number of nitrogens with zero attached hydrogens (tertiary/aromatic N) is 2. The van der Waals surface area contributed by atoms with Crippen LogP contribution in [0.3, 0.4) is 0 Å². The van der Waals surface area contributed by atoms with Crippen molar-refractivity contribution in [3.63, 3.8) is 0 Å². The molecule has 0 amide bonds. The molecule has 0 unspecified atom stereocenters. The number of ether oxygens (including phenoxy) is 1. The van der Waals surface area contributed by atoms with Gasteiger partial charge in [-0.1, -0.05) is 20.8 Å². The molecule has 0 spiro atoms. The zero-order chi connectivity index (χ0) is 18.9. The highest BCUT2D eigenvalue weighted by Crippen LogP contribution is 2.34. The van der Waals surface area contributed by atoms with Crippen LogP contribution in [0.4, 0.5) is 11.4 Å². The molecule has 0 N–H and O–H groups in total. The third-order valence-electron chi connectivity index (χ3n) is 3.42. The smallest absolute Gasteiger partial charge is 0.312 e. The number of nitro benzene ring substituents is 2. The SMILES string of the molecule is CC(C)(C)C1=CC(=O)C(Oc2cc([N+](=O)[O-])ccc2[N+](=O)[O-])=CC1=O. The Kier molecular flexibility index (Phi) is 4.51. The number of non-ortho nitro benzene ring substituents is 1. The van der Waals surface area contributed by atoms with E-state index in [2.05, 4.69) is 0 Å². The summed E-state index contributed by atoms with van der Waals surface area (Å²) in [6, 6.07) is 2.68. The van der Waals surface area contributed by atoms with Crippen molar-refractivity contribution in [1.82, 2.24) is 0 Å². The van der Waals surface area contributed by atoms with Crippen LogP contribution in [0.5, 0.6) is 5.75 Å². The fourth-order valence-electron chi connectivity index (χ4n) is 2.17. The third-order valence-corrected chi connectivity index (χ3v) is 3.42. The van der Waals surface area contributed by atoms with Crippen LogP contribution in [0.2, 0.25) is 0 Å². The number of benzene rings is 1. The Morgan fingerprint density at radius 3 is 2.12 bits per heavy atom. The van der Waals surface area contributed by atoms with Gasteiger partial charge in [0.05, 0.1) is 15.9 Å². The summed E-state index contributed by atoms with van der Waals surface area (Å²) in [5, 5.41) is 21.9. The van der Waals surface area contributed by atoms with Gasteiger partial charge in [-0.15, -0.1) is 0 Å². The Bertz CT molecular complexity index is 860. The van der Waals surface area contributed by atoms with Gasteiger partial charge >= 0.3 is 5.69 Å². The first-order valence-corrected chi connectivity index (χ1v) is 7.14. The van der Waals surface area contributed by atoms with Crippen molar-refractivity contribution in [2.45, 2.75) is 20.8 Å². The van der Waals surface area contributed by atoms with E-state index in [9.17, 15) is 29.8 Å². The fraction of sp³-hybridized carbons (Fsp3) is 0.250. The van der Waals surface area contributed by atoms with Crippen molar-refractivity contribution < 1.29 is 24.2 Å². The van der Waals surface area contributed by atoms with Gasteiger partial charge in [-0.05, 0) is 11.5 Å². The molecule has 0 saturated carbocycles. The summed E-state index contributed by atoms with van der Waals surface area (Å²) in [5.41, 5.74) is -1.29. The molecule has 0 atom stereocenters. The van der Waals surface area contributed by atoms with E-state index in [-0.39, 0.29) is 5.57 Å². The van der Waals surface area contributed by atoms with Crippen molar-refractivity contribution in [3.8, 4) is 5.75 Å². The maximum atomic E-state index is 12.2. The largest absolute Gasteiger partial charge is 0.446 e. The van der Waals surface area contributed by atoms with Crippen LogP contribution < -0.4 is 4.74 Å². The molecule has 0 aliphatic heterocycles. The van der Waals surface area contributed by atoms with E-state index >= 15 is 0 Å². The molecule has 0 fully saturated rings. The van der Waals surface area contributed by atoms with E-state index < -0.39 is 49.7 Å². The van der Waals surface area contributed by atoms with Crippen LogP contribution in [0.15, 0.2) is 41.7 Å². The highest BCUT2D eigenvalue weighted by molar-refractivity contribution is 6.19. The quantitative estimate of drug-likeness (QED) is 0.465. The molecule has 0 bridgehead atoms. The summed E-state index contributed by atoms with van der Waals surface area (Å²) in [6.07, 6.45) is 2.05. The predicted octanol–water partition coefficient (Wildman–Crippen LogP) is 2.89. The lowest BCUT2D eigenvalue weighted by molar-refractivity contribution is -0.389. The average Bonchev–Trinajstić information content (AvgIpc) is 2.49. The first-order chi connectivity index (χ1) is 11.5. The summed E-state index contributed by atoms with van der Waals surface area (Å²) in [6.45, 7) is 5.28. The number of hydrogen-bond donors (Lipinski definition) is 0. The van der Waals surface area contributed by atoms with Gasteiger partial charge in [0.2, 0.25) is 11.5 Å². The normalized spacial score (nSPS) is 14.7. The van der Waals surface area contributed by atoms with Crippen molar-refractivity contribution in [2.24, 2.45) is 5.41 Å². The Hall–Kier alpha value is -3.36. The molecule has 2 rings (SSSR count). The van der Waals surface area contributed by atoms with Gasteiger partial charge in [0.15, 0.2) is 11.5 Å². The minimum absolute atomic E-state index is 0.276.